The fourth-order valence-electron chi connectivity index (χ4n) is 1.79. The smallest absolute Gasteiger partial charge is 0.279 e. The van der Waals surface area contributed by atoms with Crippen molar-refractivity contribution in [2.45, 2.75) is 0 Å². The molecule has 108 valence electrons. The van der Waals surface area contributed by atoms with E-state index in [-0.39, 0.29) is 17.2 Å². The molecule has 0 aliphatic rings. The maximum atomic E-state index is 12.0. The lowest BCUT2D eigenvalue weighted by Gasteiger charge is -2.01. The normalized spacial score (nSPS) is 10.7. The molecule has 0 amide bonds. The molecular formula is C15H12N6O. The number of H-pyrrole nitrogens is 1. The van der Waals surface area contributed by atoms with Crippen LogP contribution >= 0.6 is 0 Å². The first-order chi connectivity index (χ1) is 10.8. The minimum atomic E-state index is -0.333. The highest BCUT2D eigenvalue weighted by Crippen LogP contribution is 2.10. The Morgan fingerprint density at radius 2 is 1.95 bits per heavy atom. The first kappa shape index (κ1) is 13.6. The van der Waals surface area contributed by atoms with Gasteiger partial charge in [0.15, 0.2) is 5.69 Å². The lowest BCUT2D eigenvalue weighted by Crippen LogP contribution is -2.15. The fraction of sp³-hybridized carbons (Fsp3) is 0. The number of nitrogens with one attached hydrogen (secondary N) is 2. The van der Waals surface area contributed by atoms with Crippen LogP contribution in [0.3, 0.4) is 0 Å². The number of aromatic nitrogens is 4. The van der Waals surface area contributed by atoms with E-state index in [0.29, 0.717) is 5.56 Å². The van der Waals surface area contributed by atoms with Crippen molar-refractivity contribution in [3.63, 3.8) is 0 Å². The SMILES string of the molecule is O=c1[nH]c(N/N=C\c2cccnc2)nnc1-c1ccccc1. The van der Waals surface area contributed by atoms with Gasteiger partial charge >= 0.3 is 0 Å². The number of anilines is 1. The molecule has 3 rings (SSSR count). The standard InChI is InChI=1S/C15H12N6O/c22-14-13(12-6-2-1-3-7-12)19-21-15(18-14)20-17-10-11-5-4-8-16-9-11/h1-10H,(H2,18,20,21,22)/b17-10-. The van der Waals surface area contributed by atoms with Gasteiger partial charge in [-0.1, -0.05) is 36.4 Å². The van der Waals surface area contributed by atoms with Crippen molar-refractivity contribution >= 4 is 12.2 Å². The van der Waals surface area contributed by atoms with Gasteiger partial charge in [-0.25, -0.2) is 5.43 Å². The van der Waals surface area contributed by atoms with Crippen LogP contribution in [0.5, 0.6) is 0 Å². The summed E-state index contributed by atoms with van der Waals surface area (Å²) in [6.45, 7) is 0. The Morgan fingerprint density at radius 3 is 2.68 bits per heavy atom. The van der Waals surface area contributed by atoms with E-state index in [1.807, 2.05) is 24.3 Å². The minimum Gasteiger partial charge on any atom is -0.288 e. The molecular weight excluding hydrogens is 280 g/mol. The summed E-state index contributed by atoms with van der Waals surface area (Å²) < 4.78 is 0. The van der Waals surface area contributed by atoms with Crippen molar-refractivity contribution < 1.29 is 0 Å². The highest BCUT2D eigenvalue weighted by atomic mass is 16.1. The minimum absolute atomic E-state index is 0.171. The van der Waals surface area contributed by atoms with Crippen molar-refractivity contribution in [2.75, 3.05) is 5.43 Å². The lowest BCUT2D eigenvalue weighted by atomic mass is 10.2. The van der Waals surface area contributed by atoms with Crippen LogP contribution in [-0.4, -0.2) is 26.4 Å². The monoisotopic (exact) mass is 292 g/mol. The van der Waals surface area contributed by atoms with Crippen molar-refractivity contribution in [1.29, 1.82) is 0 Å². The van der Waals surface area contributed by atoms with Gasteiger partial charge < -0.3 is 0 Å². The van der Waals surface area contributed by atoms with Crippen molar-refractivity contribution in [3.05, 3.63) is 70.8 Å². The topological polar surface area (TPSA) is 95.9 Å². The number of hydrogen-bond donors (Lipinski definition) is 2. The maximum Gasteiger partial charge on any atom is 0.279 e. The Morgan fingerprint density at radius 1 is 1.09 bits per heavy atom. The molecule has 22 heavy (non-hydrogen) atoms. The summed E-state index contributed by atoms with van der Waals surface area (Å²) in [6, 6.07) is 12.8. The van der Waals surface area contributed by atoms with Gasteiger partial charge in [0.25, 0.3) is 5.56 Å². The first-order valence-electron chi connectivity index (χ1n) is 6.54. The second-order valence-corrected chi connectivity index (χ2v) is 4.37. The van der Waals surface area contributed by atoms with Crippen LogP contribution in [0, 0.1) is 0 Å². The molecule has 0 aliphatic carbocycles. The van der Waals surface area contributed by atoms with Crippen molar-refractivity contribution in [2.24, 2.45) is 5.10 Å². The van der Waals surface area contributed by atoms with E-state index in [9.17, 15) is 4.79 Å². The molecule has 2 N–H and O–H groups in total. The third kappa shape index (κ3) is 3.21. The molecule has 7 heteroatoms. The average Bonchev–Trinajstić information content (AvgIpc) is 2.57. The van der Waals surface area contributed by atoms with Crippen LogP contribution < -0.4 is 11.0 Å². The number of nitrogens with zero attached hydrogens (tertiary/aromatic N) is 4. The van der Waals surface area contributed by atoms with Gasteiger partial charge in [0.05, 0.1) is 6.21 Å². The molecule has 0 atom stereocenters. The van der Waals surface area contributed by atoms with Crippen LogP contribution in [0.15, 0.2) is 64.8 Å². The summed E-state index contributed by atoms with van der Waals surface area (Å²) in [4.78, 5) is 18.6. The van der Waals surface area contributed by atoms with Crippen molar-refractivity contribution in [3.8, 4) is 11.3 Å². The Labute approximate surface area is 125 Å². The van der Waals surface area contributed by atoms with E-state index in [1.165, 1.54) is 0 Å². The van der Waals surface area contributed by atoms with Crippen LogP contribution in [0.4, 0.5) is 5.95 Å². The van der Waals surface area contributed by atoms with Gasteiger partial charge in [-0.2, -0.15) is 5.10 Å². The van der Waals surface area contributed by atoms with Crippen LogP contribution in [-0.2, 0) is 0 Å². The number of benzene rings is 1. The molecule has 0 aliphatic heterocycles. The molecule has 0 saturated heterocycles. The summed E-state index contributed by atoms with van der Waals surface area (Å²) >= 11 is 0. The first-order valence-corrected chi connectivity index (χ1v) is 6.54. The number of aromatic amines is 1. The zero-order chi connectivity index (χ0) is 15.2. The molecule has 2 aromatic heterocycles. The van der Waals surface area contributed by atoms with Gasteiger partial charge in [0.2, 0.25) is 5.95 Å². The Balaban J connectivity index is 1.76. The maximum absolute atomic E-state index is 12.0. The third-order valence-electron chi connectivity index (χ3n) is 2.81. The molecule has 0 saturated carbocycles. The molecule has 0 radical (unpaired) electrons. The second kappa shape index (κ2) is 6.40. The molecule has 1 aromatic carbocycles. The van der Waals surface area contributed by atoms with E-state index in [0.717, 1.165) is 5.56 Å². The molecule has 0 bridgehead atoms. The molecule has 3 aromatic rings. The lowest BCUT2D eigenvalue weighted by molar-refractivity contribution is 0.947. The van der Waals surface area contributed by atoms with Gasteiger partial charge in [-0.3, -0.25) is 14.8 Å². The van der Waals surface area contributed by atoms with E-state index >= 15 is 0 Å². The molecule has 7 nitrogen and oxygen atoms in total. The van der Waals surface area contributed by atoms with Crippen molar-refractivity contribution in [1.82, 2.24) is 20.2 Å². The highest BCUT2D eigenvalue weighted by molar-refractivity contribution is 5.79. The number of hydrogen-bond acceptors (Lipinski definition) is 6. The van der Waals surface area contributed by atoms with Gasteiger partial charge in [-0.05, 0) is 6.07 Å². The van der Waals surface area contributed by atoms with Crippen LogP contribution in [0.2, 0.25) is 0 Å². The van der Waals surface area contributed by atoms with E-state index < -0.39 is 0 Å². The summed E-state index contributed by atoms with van der Waals surface area (Å²) in [6.07, 6.45) is 4.91. The Bertz CT molecular complexity index is 829. The molecule has 0 fully saturated rings. The van der Waals surface area contributed by atoms with E-state index in [1.54, 1.807) is 36.8 Å². The van der Waals surface area contributed by atoms with Gasteiger partial charge in [-0.15, -0.1) is 10.2 Å². The second-order valence-electron chi connectivity index (χ2n) is 4.37. The summed E-state index contributed by atoms with van der Waals surface area (Å²) in [7, 11) is 0. The zero-order valence-corrected chi connectivity index (χ0v) is 11.5. The average molecular weight is 292 g/mol. The van der Waals surface area contributed by atoms with E-state index in [4.69, 9.17) is 0 Å². The number of hydrazone groups is 1. The molecule has 2 heterocycles. The van der Waals surface area contributed by atoms with Gasteiger partial charge in [0.1, 0.15) is 0 Å². The predicted molar refractivity (Wildman–Crippen MR) is 83.5 cm³/mol. The highest BCUT2D eigenvalue weighted by Gasteiger charge is 2.06. The molecule has 0 spiro atoms. The summed E-state index contributed by atoms with van der Waals surface area (Å²) in [5.74, 6) is 0.171. The van der Waals surface area contributed by atoms with E-state index in [2.05, 4.69) is 30.7 Å². The van der Waals surface area contributed by atoms with Crippen LogP contribution in [0.25, 0.3) is 11.3 Å². The summed E-state index contributed by atoms with van der Waals surface area (Å²) in [5.41, 5.74) is 4.09. The van der Waals surface area contributed by atoms with Gasteiger partial charge in [0, 0.05) is 23.5 Å². The Kier molecular flexibility index (Phi) is 3.96. The number of rotatable bonds is 4. The quantitative estimate of drug-likeness (QED) is 0.563. The largest absolute Gasteiger partial charge is 0.288 e. The summed E-state index contributed by atoms with van der Waals surface area (Å²) in [5, 5.41) is 11.8. The molecule has 0 unspecified atom stereocenters. The van der Waals surface area contributed by atoms with Crippen LogP contribution in [0.1, 0.15) is 5.56 Å². The number of pyridine rings is 1. The Hall–Kier alpha value is -3.35. The zero-order valence-electron chi connectivity index (χ0n) is 11.5. The third-order valence-corrected chi connectivity index (χ3v) is 2.81. The predicted octanol–water partition coefficient (Wildman–Crippen LogP) is 1.67. The fourth-order valence-corrected chi connectivity index (χ4v) is 1.79.